The molecule has 4 heteroatoms. The lowest BCUT2D eigenvalue weighted by Gasteiger charge is -2.24. The van der Waals surface area contributed by atoms with Crippen molar-refractivity contribution in [1.29, 1.82) is 0 Å². The van der Waals surface area contributed by atoms with Crippen molar-refractivity contribution < 1.29 is 0 Å². The first kappa shape index (κ1) is 23.0. The molecule has 0 N–H and O–H groups in total. The first-order valence-corrected chi connectivity index (χ1v) is 14.9. The van der Waals surface area contributed by atoms with Gasteiger partial charge in [-0.15, -0.1) is 11.3 Å². The van der Waals surface area contributed by atoms with E-state index in [0.29, 0.717) is 5.95 Å². The summed E-state index contributed by atoms with van der Waals surface area (Å²) >= 11 is 1.69. The molecule has 0 amide bonds. The summed E-state index contributed by atoms with van der Waals surface area (Å²) in [6.45, 7) is 4.68. The van der Waals surface area contributed by atoms with Crippen molar-refractivity contribution in [3.05, 3.63) is 125 Å². The number of thiophene rings is 1. The van der Waals surface area contributed by atoms with Crippen LogP contribution in [0.2, 0.25) is 0 Å². The third kappa shape index (κ3) is 3.03. The Balaban J connectivity index is 1.38. The molecule has 0 aliphatic heterocycles. The van der Waals surface area contributed by atoms with E-state index in [0.717, 1.165) is 27.6 Å². The number of rotatable bonds is 2. The van der Waals surface area contributed by atoms with Gasteiger partial charge >= 0.3 is 0 Å². The van der Waals surface area contributed by atoms with E-state index in [1.54, 1.807) is 11.3 Å². The molecule has 9 rings (SSSR count). The van der Waals surface area contributed by atoms with Crippen LogP contribution >= 0.6 is 11.3 Å². The predicted octanol–water partition coefficient (Wildman–Crippen LogP) is 9.91. The van der Waals surface area contributed by atoms with Gasteiger partial charge in [0.1, 0.15) is 0 Å². The van der Waals surface area contributed by atoms with Crippen LogP contribution in [-0.4, -0.2) is 14.5 Å². The van der Waals surface area contributed by atoms with E-state index in [1.165, 1.54) is 49.4 Å². The minimum Gasteiger partial charge on any atom is -0.278 e. The molecule has 5 aromatic carbocycles. The molecule has 0 radical (unpaired) electrons. The highest BCUT2D eigenvalue weighted by Crippen LogP contribution is 2.52. The van der Waals surface area contributed by atoms with Crippen LogP contribution in [0.1, 0.15) is 25.0 Å². The largest absolute Gasteiger partial charge is 0.278 e. The maximum absolute atomic E-state index is 5.43. The van der Waals surface area contributed by atoms with Crippen molar-refractivity contribution in [3.8, 4) is 28.3 Å². The van der Waals surface area contributed by atoms with E-state index in [-0.39, 0.29) is 5.41 Å². The first-order chi connectivity index (χ1) is 20.1. The summed E-state index contributed by atoms with van der Waals surface area (Å²) in [5.41, 5.74) is 10.6. The number of hydrogen-bond acceptors (Lipinski definition) is 3. The van der Waals surface area contributed by atoms with Gasteiger partial charge in [0.25, 0.3) is 0 Å². The lowest BCUT2D eigenvalue weighted by atomic mass is 9.79. The molecule has 8 aromatic rings. The highest BCUT2D eigenvalue weighted by atomic mass is 32.1. The Morgan fingerprint density at radius 2 is 1.37 bits per heavy atom. The monoisotopic (exact) mass is 543 g/mol. The van der Waals surface area contributed by atoms with Gasteiger partial charge in [0.15, 0.2) is 0 Å². The van der Waals surface area contributed by atoms with E-state index in [9.17, 15) is 0 Å². The number of nitrogens with zero attached hydrogens (tertiary/aromatic N) is 3. The average molecular weight is 544 g/mol. The van der Waals surface area contributed by atoms with E-state index >= 15 is 0 Å². The van der Waals surface area contributed by atoms with Gasteiger partial charge in [0.05, 0.1) is 22.2 Å². The van der Waals surface area contributed by atoms with E-state index in [1.807, 2.05) is 0 Å². The molecule has 41 heavy (non-hydrogen) atoms. The van der Waals surface area contributed by atoms with Crippen LogP contribution in [0.4, 0.5) is 0 Å². The molecule has 0 unspecified atom stereocenters. The molecular formula is C37H25N3S. The molecular weight excluding hydrogens is 518 g/mol. The molecule has 0 saturated heterocycles. The third-order valence-electron chi connectivity index (χ3n) is 8.93. The van der Waals surface area contributed by atoms with Crippen LogP contribution in [0.15, 0.2) is 114 Å². The number of aromatic nitrogens is 3. The van der Waals surface area contributed by atoms with Crippen LogP contribution in [0.25, 0.3) is 71.8 Å². The Bertz CT molecular complexity index is 2350. The summed E-state index contributed by atoms with van der Waals surface area (Å²) in [5.74, 6) is 0.707. The smallest absolute Gasteiger partial charge is 0.235 e. The number of benzene rings is 5. The van der Waals surface area contributed by atoms with Gasteiger partial charge in [0, 0.05) is 37.9 Å². The van der Waals surface area contributed by atoms with Gasteiger partial charge < -0.3 is 0 Å². The zero-order valence-corrected chi connectivity index (χ0v) is 23.5. The lowest BCUT2D eigenvalue weighted by molar-refractivity contribution is 0.662. The highest BCUT2D eigenvalue weighted by Gasteiger charge is 2.38. The summed E-state index contributed by atoms with van der Waals surface area (Å²) in [4.78, 5) is 10.6. The van der Waals surface area contributed by atoms with Gasteiger partial charge in [0.2, 0.25) is 5.95 Å². The van der Waals surface area contributed by atoms with Crippen molar-refractivity contribution in [2.24, 2.45) is 0 Å². The van der Waals surface area contributed by atoms with E-state index in [4.69, 9.17) is 9.97 Å². The van der Waals surface area contributed by atoms with E-state index < -0.39 is 0 Å². The summed E-state index contributed by atoms with van der Waals surface area (Å²) in [5, 5.41) is 10.4. The fourth-order valence-corrected chi connectivity index (χ4v) is 7.90. The summed E-state index contributed by atoms with van der Waals surface area (Å²) in [6.07, 6.45) is 0. The quantitative estimate of drug-likeness (QED) is 0.217. The van der Waals surface area contributed by atoms with Crippen LogP contribution in [0, 0.1) is 0 Å². The molecule has 0 saturated carbocycles. The SMILES string of the molecule is CC1(C)c2ccccc2-c2cccc(-c3nc(-n4c5ccccc5c5c6ccccc6ccc54)nc4cscc34)c21. The fraction of sp³-hybridized carbons (Fsp3) is 0.0811. The molecule has 3 heterocycles. The lowest BCUT2D eigenvalue weighted by Crippen LogP contribution is -2.16. The van der Waals surface area contributed by atoms with Crippen molar-refractivity contribution >= 4 is 54.8 Å². The number of fused-ring (bicyclic) bond motifs is 9. The predicted molar refractivity (Wildman–Crippen MR) is 172 cm³/mol. The van der Waals surface area contributed by atoms with Gasteiger partial charge in [-0.05, 0) is 45.2 Å². The molecule has 0 spiro atoms. The topological polar surface area (TPSA) is 30.7 Å². The molecule has 1 aliphatic rings. The zero-order chi connectivity index (χ0) is 27.3. The summed E-state index contributed by atoms with van der Waals surface area (Å²) in [7, 11) is 0. The number of hydrogen-bond donors (Lipinski definition) is 0. The van der Waals surface area contributed by atoms with Gasteiger partial charge in [-0.3, -0.25) is 4.57 Å². The van der Waals surface area contributed by atoms with Crippen molar-refractivity contribution in [1.82, 2.24) is 14.5 Å². The Hall–Kier alpha value is -4.80. The average Bonchev–Trinajstić information content (AvgIpc) is 3.68. The zero-order valence-electron chi connectivity index (χ0n) is 22.7. The second-order valence-electron chi connectivity index (χ2n) is 11.5. The molecule has 3 nitrogen and oxygen atoms in total. The third-order valence-corrected chi connectivity index (χ3v) is 9.66. The Morgan fingerprint density at radius 3 is 2.29 bits per heavy atom. The van der Waals surface area contributed by atoms with Crippen LogP contribution in [0.5, 0.6) is 0 Å². The molecule has 0 fully saturated rings. The van der Waals surface area contributed by atoms with Crippen molar-refractivity contribution in [2.75, 3.05) is 0 Å². The Labute approximate surface area is 241 Å². The number of para-hydroxylation sites is 1. The second-order valence-corrected chi connectivity index (χ2v) is 12.2. The second kappa shape index (κ2) is 8.12. The molecule has 3 aromatic heterocycles. The van der Waals surface area contributed by atoms with Crippen LogP contribution in [-0.2, 0) is 5.41 Å². The first-order valence-electron chi connectivity index (χ1n) is 14.0. The highest BCUT2D eigenvalue weighted by molar-refractivity contribution is 7.09. The minimum absolute atomic E-state index is 0.137. The van der Waals surface area contributed by atoms with Crippen LogP contribution < -0.4 is 0 Å². The van der Waals surface area contributed by atoms with Gasteiger partial charge in [-0.2, -0.15) is 0 Å². The maximum atomic E-state index is 5.43. The molecule has 1 aliphatic carbocycles. The summed E-state index contributed by atoms with van der Waals surface area (Å²) in [6, 6.07) is 37.2. The Kier molecular flexibility index (Phi) is 4.55. The van der Waals surface area contributed by atoms with Gasteiger partial charge in [-0.1, -0.05) is 105 Å². The molecule has 0 bridgehead atoms. The summed E-state index contributed by atoms with van der Waals surface area (Å²) < 4.78 is 2.25. The van der Waals surface area contributed by atoms with Crippen molar-refractivity contribution in [2.45, 2.75) is 19.3 Å². The Morgan fingerprint density at radius 1 is 0.610 bits per heavy atom. The normalized spacial score (nSPS) is 13.8. The standard InChI is InChI=1S/C37H25N3S/c1-37(2)29-16-7-5-12-24(29)25-14-9-15-27(34(25)37)35-28-20-41-21-30(28)38-36(39-35)40-31-17-8-6-13-26(31)33-23-11-4-3-10-22(23)18-19-32(33)40/h3-21H,1-2H3. The maximum Gasteiger partial charge on any atom is 0.235 e. The molecule has 0 atom stereocenters. The van der Waals surface area contributed by atoms with Gasteiger partial charge in [-0.25, -0.2) is 9.97 Å². The van der Waals surface area contributed by atoms with Crippen molar-refractivity contribution in [3.63, 3.8) is 0 Å². The molecule has 194 valence electrons. The fourth-order valence-electron chi connectivity index (χ4n) is 7.15. The van der Waals surface area contributed by atoms with Crippen LogP contribution in [0.3, 0.4) is 0 Å². The van der Waals surface area contributed by atoms with E-state index in [2.05, 4.69) is 132 Å². The minimum atomic E-state index is -0.137.